The zero-order chi connectivity index (χ0) is 42.3. The van der Waals surface area contributed by atoms with Gasteiger partial charge in [0.25, 0.3) is 11.5 Å². The number of carbonyl (C=O) groups excluding carboxylic acids is 3. The van der Waals surface area contributed by atoms with Crippen molar-refractivity contribution in [1.29, 1.82) is 0 Å². The van der Waals surface area contributed by atoms with Gasteiger partial charge in [0.05, 0.1) is 46.1 Å². The normalized spacial score (nSPS) is 14.8. The summed E-state index contributed by atoms with van der Waals surface area (Å²) in [5.74, 6) is 1.17. The second kappa shape index (κ2) is 18.3. The molecule has 0 saturated carbocycles. The first-order valence-corrected chi connectivity index (χ1v) is 20.5. The van der Waals surface area contributed by atoms with Crippen LogP contribution in [0.3, 0.4) is 0 Å². The van der Waals surface area contributed by atoms with Crippen LogP contribution in [-0.4, -0.2) is 111 Å². The molecule has 312 valence electrons. The minimum absolute atomic E-state index is 0.00363. The molecule has 0 bridgehead atoms. The van der Waals surface area contributed by atoms with Crippen molar-refractivity contribution >= 4 is 57.9 Å². The molecule has 1 atom stereocenters. The predicted octanol–water partition coefficient (Wildman–Crippen LogP) is 4.44. The summed E-state index contributed by atoms with van der Waals surface area (Å²) in [6.07, 6.45) is 7.45. The van der Waals surface area contributed by atoms with Gasteiger partial charge in [-0.2, -0.15) is 0 Å². The lowest BCUT2D eigenvalue weighted by Crippen LogP contribution is -2.48. The van der Waals surface area contributed by atoms with E-state index < -0.39 is 0 Å². The first-order valence-electron chi connectivity index (χ1n) is 19.6. The number of pyridine rings is 1. The monoisotopic (exact) mass is 825 g/mol. The Balaban J connectivity index is 1.24. The van der Waals surface area contributed by atoms with E-state index in [1.54, 1.807) is 63.4 Å². The number of fused-ring (bicyclic) bond motifs is 1. The Kier molecular flexibility index (Phi) is 13.2. The van der Waals surface area contributed by atoms with Crippen LogP contribution in [0.5, 0.6) is 5.75 Å². The Hall–Kier alpha value is -6.01. The number of urea groups is 1. The van der Waals surface area contributed by atoms with Crippen LogP contribution in [0, 0.1) is 5.92 Å². The zero-order valence-electron chi connectivity index (χ0n) is 34.7. The highest BCUT2D eigenvalue weighted by Crippen LogP contribution is 2.29. The van der Waals surface area contributed by atoms with Gasteiger partial charge in [-0.25, -0.2) is 23.9 Å². The van der Waals surface area contributed by atoms with Crippen molar-refractivity contribution in [3.8, 4) is 5.75 Å². The molecule has 1 saturated heterocycles. The third-order valence-electron chi connectivity index (χ3n) is 9.90. The van der Waals surface area contributed by atoms with Gasteiger partial charge in [-0.15, -0.1) is 16.4 Å². The topological polar surface area (TPSA) is 191 Å². The maximum Gasteiger partial charge on any atom is 0.415 e. The first-order chi connectivity index (χ1) is 28.1. The van der Waals surface area contributed by atoms with Crippen molar-refractivity contribution in [2.24, 2.45) is 5.92 Å². The van der Waals surface area contributed by atoms with Gasteiger partial charge in [-0.3, -0.25) is 24.1 Å². The van der Waals surface area contributed by atoms with Crippen molar-refractivity contribution in [3.05, 3.63) is 86.5 Å². The minimum atomic E-state index is -0.370. The maximum atomic E-state index is 14.4. The Morgan fingerprint density at radius 1 is 1.03 bits per heavy atom. The fraction of sp³-hybridized carbons (Fsp3) is 0.439. The van der Waals surface area contributed by atoms with Gasteiger partial charge in [0.1, 0.15) is 17.2 Å². The van der Waals surface area contributed by atoms with Crippen LogP contribution in [0.25, 0.3) is 17.8 Å². The van der Waals surface area contributed by atoms with Crippen LogP contribution in [0.1, 0.15) is 79.5 Å². The molecule has 17 nitrogen and oxygen atoms in total. The number of rotatable bonds is 14. The summed E-state index contributed by atoms with van der Waals surface area (Å²) in [7, 11) is 7.01. The molecule has 6 rings (SSSR count). The molecule has 3 N–H and O–H groups in total. The van der Waals surface area contributed by atoms with Crippen molar-refractivity contribution in [2.75, 3.05) is 64.6 Å². The quantitative estimate of drug-likeness (QED) is 0.106. The molecule has 0 radical (unpaired) electrons. The van der Waals surface area contributed by atoms with E-state index in [2.05, 4.69) is 57.2 Å². The number of nitrogens with zero attached hydrogens (tertiary/aromatic N) is 9. The molecule has 1 fully saturated rings. The smallest absolute Gasteiger partial charge is 0.415 e. The number of hydrogen-bond acceptors (Lipinski definition) is 12. The number of nitrogens with one attached hydrogen (secondary N) is 3. The van der Waals surface area contributed by atoms with Gasteiger partial charge in [0.15, 0.2) is 11.0 Å². The second-order valence-corrected chi connectivity index (χ2v) is 17.4. The lowest BCUT2D eigenvalue weighted by molar-refractivity contribution is -0.787. The van der Waals surface area contributed by atoms with Gasteiger partial charge >= 0.3 is 6.03 Å². The van der Waals surface area contributed by atoms with Gasteiger partial charge in [0.2, 0.25) is 5.91 Å². The second-order valence-electron chi connectivity index (χ2n) is 16.5. The SMILES string of the molecule is COc1ccc(Cn2nnnc2C=Cc2c(N3CCCC(CC(=O)NCCCNC(=O)[N+](C)(C)C)C3)nc3cc(C(=O)Nc4nc(C(C)(C)C)cs4)ccn3c2=O)cc1. The number of ether oxygens (including phenoxy) is 1. The van der Waals surface area contributed by atoms with Crippen molar-refractivity contribution in [3.63, 3.8) is 0 Å². The number of tetrazole rings is 1. The number of quaternary nitrogens is 1. The van der Waals surface area contributed by atoms with E-state index in [1.807, 2.05) is 34.5 Å². The number of thiazole rings is 1. The number of methoxy groups -OCH3 is 1. The van der Waals surface area contributed by atoms with Crippen LogP contribution in [0.2, 0.25) is 0 Å². The predicted molar refractivity (Wildman–Crippen MR) is 228 cm³/mol. The average Bonchev–Trinajstić information content (AvgIpc) is 3.86. The molecule has 18 heteroatoms. The molecule has 4 aromatic heterocycles. The van der Waals surface area contributed by atoms with Crippen LogP contribution < -0.4 is 31.1 Å². The minimum Gasteiger partial charge on any atom is -0.497 e. The third kappa shape index (κ3) is 10.9. The van der Waals surface area contributed by atoms with E-state index in [9.17, 15) is 19.2 Å². The standard InChI is InChI=1S/C41H52N12O5S/c1-41(2,3)32-26-59-39(44-32)46-37(55)29-17-21-51-34(23-29)45-36(50-20-8-10-28(24-50)22-35(54)42-18-9-19-43-40(57)53(4,5)6)31(38(51)56)15-16-33-47-48-49-52(33)25-27-11-13-30(58-7)14-12-27/h11-17,21,23,26,28H,8-10,18-20,22,24-25H2,1-7H3,(H2-,42,43,44,46,54,55,57)/p+1. The summed E-state index contributed by atoms with van der Waals surface area (Å²) >= 11 is 1.35. The van der Waals surface area contributed by atoms with Crippen molar-refractivity contribution < 1.29 is 23.6 Å². The highest BCUT2D eigenvalue weighted by atomic mass is 32.1. The summed E-state index contributed by atoms with van der Waals surface area (Å²) in [6.45, 7) is 8.58. The fourth-order valence-corrected chi connectivity index (χ4v) is 7.46. The summed E-state index contributed by atoms with van der Waals surface area (Å²) in [5.41, 5.74) is 2.27. The van der Waals surface area contributed by atoms with Crippen LogP contribution in [0.4, 0.5) is 15.7 Å². The van der Waals surface area contributed by atoms with Crippen molar-refractivity contribution in [1.82, 2.24) is 45.2 Å². The molecule has 1 aliphatic heterocycles. The Morgan fingerprint density at radius 3 is 2.51 bits per heavy atom. The van der Waals surface area contributed by atoms with Gasteiger partial charge < -0.3 is 20.3 Å². The Labute approximate surface area is 347 Å². The van der Waals surface area contributed by atoms with Gasteiger partial charge in [0, 0.05) is 55.2 Å². The van der Waals surface area contributed by atoms with E-state index in [4.69, 9.17) is 9.72 Å². The number of anilines is 2. The number of piperidine rings is 1. The van der Waals surface area contributed by atoms with Crippen LogP contribution in [0.15, 0.2) is 52.8 Å². The molecule has 1 aliphatic rings. The van der Waals surface area contributed by atoms with Gasteiger partial charge in [-0.05, 0) is 77.6 Å². The largest absolute Gasteiger partial charge is 0.497 e. The molecule has 4 amide bonds. The van der Waals surface area contributed by atoms with E-state index in [1.165, 1.54) is 15.7 Å². The molecule has 1 unspecified atom stereocenters. The fourth-order valence-electron chi connectivity index (χ4n) is 6.53. The average molecular weight is 826 g/mol. The summed E-state index contributed by atoms with van der Waals surface area (Å²) in [6, 6.07) is 10.7. The Morgan fingerprint density at radius 2 is 1.80 bits per heavy atom. The van der Waals surface area contributed by atoms with Crippen LogP contribution in [-0.2, 0) is 16.8 Å². The summed E-state index contributed by atoms with van der Waals surface area (Å²) < 4.78 is 8.51. The van der Waals surface area contributed by atoms with Crippen molar-refractivity contribution in [2.45, 2.75) is 58.4 Å². The third-order valence-corrected chi connectivity index (χ3v) is 10.7. The summed E-state index contributed by atoms with van der Waals surface area (Å²) in [4.78, 5) is 64.6. The Bertz CT molecular complexity index is 2370. The zero-order valence-corrected chi connectivity index (χ0v) is 35.5. The number of hydrogen-bond donors (Lipinski definition) is 3. The molecule has 1 aromatic carbocycles. The number of benzene rings is 1. The van der Waals surface area contributed by atoms with E-state index >= 15 is 0 Å². The highest BCUT2D eigenvalue weighted by molar-refractivity contribution is 7.14. The summed E-state index contributed by atoms with van der Waals surface area (Å²) in [5, 5.41) is 23.4. The molecule has 0 spiro atoms. The molecule has 59 heavy (non-hydrogen) atoms. The van der Waals surface area contributed by atoms with E-state index in [-0.39, 0.29) is 39.2 Å². The lowest BCUT2D eigenvalue weighted by atomic mass is 9.93. The highest BCUT2D eigenvalue weighted by Gasteiger charge is 2.27. The molecular formula is C41H53N12O5S+. The van der Waals surface area contributed by atoms with Crippen LogP contribution >= 0.6 is 11.3 Å². The molecule has 5 aromatic rings. The first kappa shape index (κ1) is 42.6. The molecule has 5 heterocycles. The van der Waals surface area contributed by atoms with E-state index in [0.717, 1.165) is 29.8 Å². The number of carbonyl (C=O) groups is 3. The molecular weight excluding hydrogens is 773 g/mol. The number of amides is 4. The lowest BCUT2D eigenvalue weighted by Gasteiger charge is -2.34. The maximum absolute atomic E-state index is 14.4. The van der Waals surface area contributed by atoms with E-state index in [0.29, 0.717) is 79.1 Å². The number of aromatic nitrogens is 7. The molecule has 0 aliphatic carbocycles. The van der Waals surface area contributed by atoms with Gasteiger partial charge in [-0.1, -0.05) is 32.9 Å².